The minimum absolute atomic E-state index is 0.546. The van der Waals surface area contributed by atoms with Crippen molar-refractivity contribution in [2.24, 2.45) is 5.92 Å². The topological polar surface area (TPSA) is 15.3 Å². The number of rotatable bonds is 4. The van der Waals surface area contributed by atoms with Gasteiger partial charge in [0, 0.05) is 23.2 Å². The average molecular weight is 264 g/mol. The summed E-state index contributed by atoms with van der Waals surface area (Å²) in [5.41, 5.74) is 1.25. The zero-order chi connectivity index (χ0) is 13.0. The van der Waals surface area contributed by atoms with Crippen molar-refractivity contribution in [3.05, 3.63) is 24.3 Å². The van der Waals surface area contributed by atoms with Crippen LogP contribution in [-0.2, 0) is 0 Å². The molecule has 2 rings (SSSR count). The molecule has 1 aliphatic heterocycles. The first-order chi connectivity index (χ1) is 8.69. The summed E-state index contributed by atoms with van der Waals surface area (Å²) in [7, 11) is 2.23. The van der Waals surface area contributed by atoms with Crippen molar-refractivity contribution < 1.29 is 0 Å². The molecule has 2 atom stereocenters. The molecule has 2 nitrogen and oxygen atoms in total. The van der Waals surface area contributed by atoms with E-state index < -0.39 is 0 Å². The number of benzene rings is 1. The highest BCUT2D eigenvalue weighted by molar-refractivity contribution is 7.98. The normalized spacial score (nSPS) is 22.7. The Morgan fingerprint density at radius 1 is 1.44 bits per heavy atom. The number of nitrogens with one attached hydrogen (secondary N) is 1. The van der Waals surface area contributed by atoms with Gasteiger partial charge in [-0.3, -0.25) is 0 Å². The van der Waals surface area contributed by atoms with Gasteiger partial charge in [0.1, 0.15) is 0 Å². The zero-order valence-electron chi connectivity index (χ0n) is 11.6. The minimum Gasteiger partial charge on any atom is -0.382 e. The van der Waals surface area contributed by atoms with Gasteiger partial charge in [0.25, 0.3) is 0 Å². The number of likely N-dealkylation sites (tertiary alicyclic amines) is 1. The molecule has 0 amide bonds. The van der Waals surface area contributed by atoms with Crippen LogP contribution in [0.25, 0.3) is 0 Å². The SMILES string of the molecule is CSc1cccc(NC(C)C2CCCN(C)C2)c1. The molecular weight excluding hydrogens is 240 g/mol. The fraction of sp³-hybridized carbons (Fsp3) is 0.600. The molecule has 2 unspecified atom stereocenters. The molecule has 3 heteroatoms. The van der Waals surface area contributed by atoms with E-state index in [1.807, 2.05) is 0 Å². The highest BCUT2D eigenvalue weighted by Crippen LogP contribution is 2.24. The molecule has 1 fully saturated rings. The Bertz CT molecular complexity index is 381. The maximum absolute atomic E-state index is 3.67. The number of hydrogen-bond acceptors (Lipinski definition) is 3. The van der Waals surface area contributed by atoms with Gasteiger partial charge in [-0.1, -0.05) is 6.07 Å². The Labute approximate surface area is 115 Å². The molecule has 100 valence electrons. The molecule has 0 saturated carbocycles. The standard InChI is InChI=1S/C15H24N2S/c1-12(13-6-5-9-17(2)11-13)16-14-7-4-8-15(10-14)18-3/h4,7-8,10,12-13,16H,5-6,9,11H2,1-3H3. The van der Waals surface area contributed by atoms with Gasteiger partial charge in [-0.25, -0.2) is 0 Å². The Hall–Kier alpha value is -0.670. The lowest BCUT2D eigenvalue weighted by molar-refractivity contribution is 0.197. The lowest BCUT2D eigenvalue weighted by atomic mass is 9.92. The van der Waals surface area contributed by atoms with E-state index in [9.17, 15) is 0 Å². The second-order valence-electron chi connectivity index (χ2n) is 5.33. The Balaban J connectivity index is 1.95. The molecular formula is C15H24N2S. The largest absolute Gasteiger partial charge is 0.382 e. The molecule has 0 radical (unpaired) electrons. The van der Waals surface area contributed by atoms with E-state index in [4.69, 9.17) is 0 Å². The minimum atomic E-state index is 0.546. The summed E-state index contributed by atoms with van der Waals surface area (Å²) < 4.78 is 0. The Morgan fingerprint density at radius 3 is 3.00 bits per heavy atom. The molecule has 1 saturated heterocycles. The molecule has 1 aromatic rings. The summed E-state index contributed by atoms with van der Waals surface area (Å²) in [6, 6.07) is 9.25. The summed E-state index contributed by atoms with van der Waals surface area (Å²) in [6.07, 6.45) is 4.80. The van der Waals surface area contributed by atoms with Crippen molar-refractivity contribution in [1.29, 1.82) is 0 Å². The van der Waals surface area contributed by atoms with Crippen molar-refractivity contribution in [2.75, 3.05) is 31.7 Å². The Morgan fingerprint density at radius 2 is 2.28 bits per heavy atom. The van der Waals surface area contributed by atoms with Crippen LogP contribution in [0.2, 0.25) is 0 Å². The third-order valence-electron chi connectivity index (χ3n) is 3.83. The molecule has 0 bridgehead atoms. The molecule has 0 aromatic heterocycles. The van der Waals surface area contributed by atoms with Gasteiger partial charge < -0.3 is 10.2 Å². The first-order valence-corrected chi connectivity index (χ1v) is 8.00. The van der Waals surface area contributed by atoms with Gasteiger partial charge in [0.05, 0.1) is 0 Å². The van der Waals surface area contributed by atoms with Crippen LogP contribution >= 0.6 is 11.8 Å². The van der Waals surface area contributed by atoms with E-state index in [0.29, 0.717) is 6.04 Å². The molecule has 1 heterocycles. The van der Waals surface area contributed by atoms with E-state index >= 15 is 0 Å². The van der Waals surface area contributed by atoms with Crippen LogP contribution in [0, 0.1) is 5.92 Å². The van der Waals surface area contributed by atoms with E-state index in [2.05, 4.69) is 54.7 Å². The van der Waals surface area contributed by atoms with Gasteiger partial charge in [0.15, 0.2) is 0 Å². The molecule has 1 N–H and O–H groups in total. The Kier molecular flexibility index (Phi) is 4.95. The lowest BCUT2D eigenvalue weighted by Gasteiger charge is -2.34. The van der Waals surface area contributed by atoms with Crippen molar-refractivity contribution in [2.45, 2.75) is 30.7 Å². The van der Waals surface area contributed by atoms with Gasteiger partial charge in [0.2, 0.25) is 0 Å². The maximum atomic E-state index is 3.67. The number of anilines is 1. The molecule has 0 spiro atoms. The van der Waals surface area contributed by atoms with Crippen LogP contribution in [0.15, 0.2) is 29.2 Å². The lowest BCUT2D eigenvalue weighted by Crippen LogP contribution is -2.39. The molecule has 1 aromatic carbocycles. The zero-order valence-corrected chi connectivity index (χ0v) is 12.5. The number of piperidine rings is 1. The highest BCUT2D eigenvalue weighted by Gasteiger charge is 2.22. The fourth-order valence-electron chi connectivity index (χ4n) is 2.71. The summed E-state index contributed by atoms with van der Waals surface area (Å²) >= 11 is 1.80. The first kappa shape index (κ1) is 13.8. The van der Waals surface area contributed by atoms with Crippen molar-refractivity contribution >= 4 is 17.4 Å². The first-order valence-electron chi connectivity index (χ1n) is 6.78. The second-order valence-corrected chi connectivity index (χ2v) is 6.21. The van der Waals surface area contributed by atoms with Crippen LogP contribution in [0.3, 0.4) is 0 Å². The maximum Gasteiger partial charge on any atom is 0.0353 e. The number of thioether (sulfide) groups is 1. The average Bonchev–Trinajstić information content (AvgIpc) is 2.39. The van der Waals surface area contributed by atoms with Gasteiger partial charge >= 0.3 is 0 Å². The number of hydrogen-bond donors (Lipinski definition) is 1. The number of nitrogens with zero attached hydrogens (tertiary/aromatic N) is 1. The summed E-state index contributed by atoms with van der Waals surface area (Å²) in [4.78, 5) is 3.78. The van der Waals surface area contributed by atoms with E-state index in [1.165, 1.54) is 36.5 Å². The van der Waals surface area contributed by atoms with E-state index in [1.54, 1.807) is 11.8 Å². The van der Waals surface area contributed by atoms with Crippen molar-refractivity contribution in [3.8, 4) is 0 Å². The predicted molar refractivity (Wildman–Crippen MR) is 81.5 cm³/mol. The predicted octanol–water partition coefficient (Wildman–Crippen LogP) is 3.55. The van der Waals surface area contributed by atoms with Crippen LogP contribution in [0.4, 0.5) is 5.69 Å². The van der Waals surface area contributed by atoms with Crippen molar-refractivity contribution in [1.82, 2.24) is 4.90 Å². The molecule has 18 heavy (non-hydrogen) atoms. The van der Waals surface area contributed by atoms with Crippen LogP contribution in [-0.4, -0.2) is 37.3 Å². The smallest absolute Gasteiger partial charge is 0.0353 e. The monoisotopic (exact) mass is 264 g/mol. The van der Waals surface area contributed by atoms with Crippen LogP contribution in [0.1, 0.15) is 19.8 Å². The molecule has 1 aliphatic rings. The van der Waals surface area contributed by atoms with E-state index in [-0.39, 0.29) is 0 Å². The van der Waals surface area contributed by atoms with Gasteiger partial charge in [-0.05, 0) is 63.7 Å². The van der Waals surface area contributed by atoms with Crippen LogP contribution < -0.4 is 5.32 Å². The quantitative estimate of drug-likeness (QED) is 0.837. The van der Waals surface area contributed by atoms with Crippen LogP contribution in [0.5, 0.6) is 0 Å². The van der Waals surface area contributed by atoms with Gasteiger partial charge in [-0.2, -0.15) is 0 Å². The second kappa shape index (κ2) is 6.48. The van der Waals surface area contributed by atoms with Gasteiger partial charge in [-0.15, -0.1) is 11.8 Å². The highest BCUT2D eigenvalue weighted by atomic mass is 32.2. The summed E-state index contributed by atoms with van der Waals surface area (Å²) in [5, 5.41) is 3.67. The third-order valence-corrected chi connectivity index (χ3v) is 4.56. The summed E-state index contributed by atoms with van der Waals surface area (Å²) in [6.45, 7) is 4.79. The fourth-order valence-corrected chi connectivity index (χ4v) is 3.17. The molecule has 0 aliphatic carbocycles. The van der Waals surface area contributed by atoms with E-state index in [0.717, 1.165) is 5.92 Å². The summed E-state index contributed by atoms with van der Waals surface area (Å²) in [5.74, 6) is 0.765. The van der Waals surface area contributed by atoms with Crippen molar-refractivity contribution in [3.63, 3.8) is 0 Å². The third kappa shape index (κ3) is 3.66.